The lowest BCUT2D eigenvalue weighted by Gasteiger charge is -1.97. The average molecular weight is 249 g/mol. The summed E-state index contributed by atoms with van der Waals surface area (Å²) in [6, 6.07) is 8.19. The number of rotatable bonds is 2. The molecule has 19 heavy (non-hydrogen) atoms. The fourth-order valence-electron chi connectivity index (χ4n) is 2.02. The van der Waals surface area contributed by atoms with Crippen molar-refractivity contribution in [1.82, 2.24) is 15.0 Å². The molecule has 3 aromatic rings. The second kappa shape index (κ2) is 4.69. The highest BCUT2D eigenvalue weighted by Crippen LogP contribution is 2.18. The average Bonchev–Trinajstić information content (AvgIpc) is 2.80. The first-order valence-corrected chi connectivity index (χ1v) is 6.27. The molecule has 3 rings (SSSR count). The minimum absolute atomic E-state index is 0.865. The van der Waals surface area contributed by atoms with Crippen molar-refractivity contribution in [3.8, 4) is 0 Å². The van der Waals surface area contributed by atoms with E-state index >= 15 is 0 Å². The van der Waals surface area contributed by atoms with Gasteiger partial charge in [-0.25, -0.2) is 4.98 Å². The summed E-state index contributed by atoms with van der Waals surface area (Å²) < 4.78 is 0. The van der Waals surface area contributed by atoms with Gasteiger partial charge in [-0.05, 0) is 60.9 Å². The molecule has 0 fully saturated rings. The number of aryl methyl sites for hydroxylation is 2. The molecule has 94 valence electrons. The number of benzene rings is 1. The number of aromatic nitrogens is 3. The number of imidazole rings is 1. The molecule has 0 unspecified atom stereocenters. The van der Waals surface area contributed by atoms with Gasteiger partial charge >= 0.3 is 0 Å². The van der Waals surface area contributed by atoms with E-state index in [0.717, 1.165) is 22.4 Å². The molecule has 0 aliphatic heterocycles. The molecule has 0 bridgehead atoms. The van der Waals surface area contributed by atoms with Gasteiger partial charge in [0, 0.05) is 12.4 Å². The molecule has 3 heteroatoms. The summed E-state index contributed by atoms with van der Waals surface area (Å²) in [7, 11) is 0. The van der Waals surface area contributed by atoms with E-state index in [-0.39, 0.29) is 0 Å². The van der Waals surface area contributed by atoms with E-state index in [9.17, 15) is 0 Å². The Balaban J connectivity index is 1.96. The zero-order chi connectivity index (χ0) is 13.2. The third-order valence-corrected chi connectivity index (χ3v) is 3.23. The first-order valence-electron chi connectivity index (χ1n) is 6.27. The van der Waals surface area contributed by atoms with E-state index in [1.807, 2.05) is 30.5 Å². The summed E-state index contributed by atoms with van der Waals surface area (Å²) in [5.41, 5.74) is 5.69. The van der Waals surface area contributed by atoms with Crippen molar-refractivity contribution in [3.05, 3.63) is 59.2 Å². The van der Waals surface area contributed by atoms with Crippen LogP contribution in [-0.4, -0.2) is 15.0 Å². The number of H-pyrrole nitrogens is 1. The van der Waals surface area contributed by atoms with Gasteiger partial charge in [-0.1, -0.05) is 6.07 Å². The van der Waals surface area contributed by atoms with E-state index in [1.165, 1.54) is 11.1 Å². The lowest BCUT2D eigenvalue weighted by molar-refractivity contribution is 1.29. The van der Waals surface area contributed by atoms with E-state index in [2.05, 4.69) is 40.9 Å². The smallest absolute Gasteiger partial charge is 0.131 e. The van der Waals surface area contributed by atoms with Crippen molar-refractivity contribution in [3.63, 3.8) is 0 Å². The molecule has 0 saturated heterocycles. The Morgan fingerprint density at radius 3 is 2.74 bits per heavy atom. The molecule has 2 heterocycles. The third-order valence-electron chi connectivity index (χ3n) is 3.23. The molecule has 0 atom stereocenters. The summed E-state index contributed by atoms with van der Waals surface area (Å²) in [5, 5.41) is 0. The maximum absolute atomic E-state index is 4.57. The lowest BCUT2D eigenvalue weighted by Crippen LogP contribution is -1.79. The van der Waals surface area contributed by atoms with E-state index < -0.39 is 0 Å². The van der Waals surface area contributed by atoms with Crippen LogP contribution >= 0.6 is 0 Å². The molecule has 0 aliphatic rings. The summed E-state index contributed by atoms with van der Waals surface area (Å²) in [6.07, 6.45) is 7.57. The van der Waals surface area contributed by atoms with Crippen molar-refractivity contribution in [2.45, 2.75) is 13.8 Å². The molecule has 0 saturated carbocycles. The van der Waals surface area contributed by atoms with Crippen LogP contribution in [0.2, 0.25) is 0 Å². The molecular weight excluding hydrogens is 234 g/mol. The Bertz CT molecular complexity index is 700. The van der Waals surface area contributed by atoms with Gasteiger partial charge in [0.2, 0.25) is 0 Å². The van der Waals surface area contributed by atoms with Gasteiger partial charge in [0.1, 0.15) is 5.82 Å². The zero-order valence-corrected chi connectivity index (χ0v) is 11.0. The second-order valence-electron chi connectivity index (χ2n) is 4.70. The number of nitrogens with one attached hydrogen (secondary N) is 1. The third kappa shape index (κ3) is 2.40. The number of hydrogen-bond acceptors (Lipinski definition) is 2. The van der Waals surface area contributed by atoms with Gasteiger partial charge in [-0.15, -0.1) is 0 Å². The number of nitrogens with zero attached hydrogens (tertiary/aromatic N) is 2. The van der Waals surface area contributed by atoms with Crippen LogP contribution in [0.5, 0.6) is 0 Å². The Morgan fingerprint density at radius 2 is 1.95 bits per heavy atom. The standard InChI is InChI=1S/C16H15N3/c1-11-8-14-15(9-12(11)2)19-16(18-14)6-5-13-4-3-7-17-10-13/h3-10H,1-2H3,(H,18,19). The topological polar surface area (TPSA) is 41.6 Å². The molecule has 0 radical (unpaired) electrons. The van der Waals surface area contributed by atoms with Crippen LogP contribution in [0, 0.1) is 13.8 Å². The number of aromatic amines is 1. The largest absolute Gasteiger partial charge is 0.338 e. The molecule has 1 N–H and O–H groups in total. The minimum Gasteiger partial charge on any atom is -0.338 e. The summed E-state index contributed by atoms with van der Waals surface area (Å²) >= 11 is 0. The Morgan fingerprint density at radius 1 is 1.11 bits per heavy atom. The molecule has 0 spiro atoms. The minimum atomic E-state index is 0.865. The van der Waals surface area contributed by atoms with Crippen LogP contribution in [0.1, 0.15) is 22.5 Å². The van der Waals surface area contributed by atoms with Gasteiger partial charge < -0.3 is 4.98 Å². The highest BCUT2D eigenvalue weighted by atomic mass is 14.9. The first kappa shape index (κ1) is 11.7. The van der Waals surface area contributed by atoms with Crippen LogP contribution in [-0.2, 0) is 0 Å². The Labute approximate surface area is 112 Å². The zero-order valence-electron chi connectivity index (χ0n) is 11.0. The molecule has 0 aliphatic carbocycles. The van der Waals surface area contributed by atoms with Gasteiger partial charge in [0.05, 0.1) is 11.0 Å². The maximum atomic E-state index is 4.57. The molecule has 0 amide bonds. The second-order valence-corrected chi connectivity index (χ2v) is 4.70. The SMILES string of the molecule is Cc1cc2nc(C=Cc3cccnc3)[nH]c2cc1C. The Kier molecular flexibility index (Phi) is 2.88. The van der Waals surface area contributed by atoms with Crippen molar-refractivity contribution in [2.24, 2.45) is 0 Å². The van der Waals surface area contributed by atoms with Crippen molar-refractivity contribution in [1.29, 1.82) is 0 Å². The van der Waals surface area contributed by atoms with Crippen LogP contribution in [0.4, 0.5) is 0 Å². The number of fused-ring (bicyclic) bond motifs is 1. The van der Waals surface area contributed by atoms with Crippen molar-refractivity contribution in [2.75, 3.05) is 0 Å². The van der Waals surface area contributed by atoms with Gasteiger partial charge in [0.15, 0.2) is 0 Å². The molecule has 3 nitrogen and oxygen atoms in total. The fraction of sp³-hybridized carbons (Fsp3) is 0.125. The monoisotopic (exact) mass is 249 g/mol. The fourth-order valence-corrected chi connectivity index (χ4v) is 2.02. The van der Waals surface area contributed by atoms with E-state index in [4.69, 9.17) is 0 Å². The maximum Gasteiger partial charge on any atom is 0.131 e. The lowest BCUT2D eigenvalue weighted by atomic mass is 10.1. The molecule has 1 aromatic carbocycles. The quantitative estimate of drug-likeness (QED) is 0.751. The first-order chi connectivity index (χ1) is 9.22. The normalized spacial score (nSPS) is 11.5. The summed E-state index contributed by atoms with van der Waals surface area (Å²) in [6.45, 7) is 4.22. The summed E-state index contributed by atoms with van der Waals surface area (Å²) in [5.74, 6) is 0.865. The molecule has 2 aromatic heterocycles. The van der Waals surface area contributed by atoms with Crippen LogP contribution < -0.4 is 0 Å². The van der Waals surface area contributed by atoms with E-state index in [0.29, 0.717) is 0 Å². The van der Waals surface area contributed by atoms with Gasteiger partial charge in [0.25, 0.3) is 0 Å². The molecular formula is C16H15N3. The van der Waals surface area contributed by atoms with Gasteiger partial charge in [-0.3, -0.25) is 4.98 Å². The van der Waals surface area contributed by atoms with Gasteiger partial charge in [-0.2, -0.15) is 0 Å². The van der Waals surface area contributed by atoms with Crippen molar-refractivity contribution >= 4 is 23.2 Å². The van der Waals surface area contributed by atoms with Crippen molar-refractivity contribution < 1.29 is 0 Å². The predicted molar refractivity (Wildman–Crippen MR) is 78.7 cm³/mol. The predicted octanol–water partition coefficient (Wildman–Crippen LogP) is 3.75. The Hall–Kier alpha value is -2.42. The van der Waals surface area contributed by atoms with Crippen LogP contribution in [0.25, 0.3) is 23.2 Å². The van der Waals surface area contributed by atoms with Crippen LogP contribution in [0.3, 0.4) is 0 Å². The van der Waals surface area contributed by atoms with E-state index in [1.54, 1.807) is 6.20 Å². The summed E-state index contributed by atoms with van der Waals surface area (Å²) in [4.78, 5) is 12.0. The number of hydrogen-bond donors (Lipinski definition) is 1. The highest BCUT2D eigenvalue weighted by molar-refractivity contribution is 5.80. The number of pyridine rings is 1. The van der Waals surface area contributed by atoms with Crippen LogP contribution in [0.15, 0.2) is 36.7 Å². The highest BCUT2D eigenvalue weighted by Gasteiger charge is 2.02.